The minimum Gasteiger partial charge on any atom is -0.315 e. The molecule has 2 aromatic rings. The summed E-state index contributed by atoms with van der Waals surface area (Å²) in [4.78, 5) is 0. The predicted octanol–water partition coefficient (Wildman–Crippen LogP) is 3.81. The van der Waals surface area contributed by atoms with Gasteiger partial charge in [0, 0.05) is 23.0 Å². The lowest BCUT2D eigenvalue weighted by atomic mass is 9.71. The molecule has 1 fully saturated rings. The molecule has 1 nitrogen and oxygen atoms in total. The summed E-state index contributed by atoms with van der Waals surface area (Å²) in [6.07, 6.45) is 0.707. The maximum absolute atomic E-state index is 13.3. The summed E-state index contributed by atoms with van der Waals surface area (Å²) in [6.45, 7) is 1.71. The second-order valence-electron chi connectivity index (χ2n) is 5.32. The van der Waals surface area contributed by atoms with E-state index in [0.29, 0.717) is 6.42 Å². The number of hydrogen-bond donors (Lipinski definition) is 1. The third kappa shape index (κ3) is 2.50. The van der Waals surface area contributed by atoms with Crippen molar-refractivity contribution in [1.29, 1.82) is 0 Å². The molecule has 1 aliphatic rings. The Hall–Kier alpha value is -1.26. The Morgan fingerprint density at radius 3 is 2.25 bits per heavy atom. The van der Waals surface area contributed by atoms with E-state index in [-0.39, 0.29) is 5.41 Å². The van der Waals surface area contributed by atoms with E-state index in [1.54, 1.807) is 6.07 Å². The summed E-state index contributed by atoms with van der Waals surface area (Å²) in [5.41, 5.74) is 2.03. The van der Waals surface area contributed by atoms with Gasteiger partial charge in [-0.1, -0.05) is 34.1 Å². The van der Waals surface area contributed by atoms with Crippen LogP contribution in [0.1, 0.15) is 11.1 Å². The first-order valence-electron chi connectivity index (χ1n) is 6.50. The molecule has 2 aromatic carbocycles. The summed E-state index contributed by atoms with van der Waals surface area (Å²) in [6, 6.07) is 12.4. The number of benzene rings is 2. The van der Waals surface area contributed by atoms with Gasteiger partial charge in [0.1, 0.15) is 0 Å². The molecule has 0 bridgehead atoms. The quantitative estimate of drug-likeness (QED) is 0.897. The zero-order chi connectivity index (χ0) is 14.2. The van der Waals surface area contributed by atoms with Gasteiger partial charge in [0.2, 0.25) is 0 Å². The number of nitrogens with one attached hydrogen (secondary N) is 1. The molecular formula is C16H14BrF2N. The SMILES string of the molecule is Fc1ccc(CC2(c3ccc(Br)cc3)CNC2)cc1F. The molecule has 3 rings (SSSR count). The average Bonchev–Trinajstić information content (AvgIpc) is 2.39. The van der Waals surface area contributed by atoms with Crippen molar-refractivity contribution in [2.45, 2.75) is 11.8 Å². The molecule has 1 aliphatic heterocycles. The Kier molecular flexibility index (Phi) is 3.61. The van der Waals surface area contributed by atoms with Crippen molar-refractivity contribution < 1.29 is 8.78 Å². The van der Waals surface area contributed by atoms with Crippen molar-refractivity contribution >= 4 is 15.9 Å². The highest BCUT2D eigenvalue weighted by Gasteiger charge is 2.38. The van der Waals surface area contributed by atoms with Crippen LogP contribution in [0.3, 0.4) is 0 Å². The summed E-state index contributed by atoms with van der Waals surface area (Å²) < 4.78 is 27.4. The van der Waals surface area contributed by atoms with Crippen molar-refractivity contribution in [2.75, 3.05) is 13.1 Å². The Morgan fingerprint density at radius 1 is 1.00 bits per heavy atom. The Morgan fingerprint density at radius 2 is 1.70 bits per heavy atom. The van der Waals surface area contributed by atoms with E-state index in [0.717, 1.165) is 23.1 Å². The molecule has 0 amide bonds. The van der Waals surface area contributed by atoms with Crippen molar-refractivity contribution in [3.63, 3.8) is 0 Å². The highest BCUT2D eigenvalue weighted by atomic mass is 79.9. The first-order valence-corrected chi connectivity index (χ1v) is 7.29. The number of halogens is 3. The molecule has 0 atom stereocenters. The van der Waals surface area contributed by atoms with E-state index >= 15 is 0 Å². The zero-order valence-electron chi connectivity index (χ0n) is 10.8. The topological polar surface area (TPSA) is 12.0 Å². The second kappa shape index (κ2) is 5.26. The van der Waals surface area contributed by atoms with Gasteiger partial charge in [0.15, 0.2) is 11.6 Å². The van der Waals surface area contributed by atoms with E-state index in [4.69, 9.17) is 0 Å². The lowest BCUT2D eigenvalue weighted by molar-refractivity contribution is 0.274. The van der Waals surface area contributed by atoms with Crippen molar-refractivity contribution in [3.05, 3.63) is 69.7 Å². The molecule has 4 heteroatoms. The van der Waals surface area contributed by atoms with Crippen LogP contribution in [-0.2, 0) is 11.8 Å². The molecule has 0 spiro atoms. The van der Waals surface area contributed by atoms with Crippen molar-refractivity contribution in [2.24, 2.45) is 0 Å². The Bertz CT molecular complexity index is 621. The van der Waals surface area contributed by atoms with E-state index in [9.17, 15) is 8.78 Å². The summed E-state index contributed by atoms with van der Waals surface area (Å²) in [7, 11) is 0. The fourth-order valence-corrected chi connectivity index (χ4v) is 2.97. The summed E-state index contributed by atoms with van der Waals surface area (Å²) >= 11 is 3.43. The molecule has 0 aromatic heterocycles. The van der Waals surface area contributed by atoms with Crippen LogP contribution in [0.5, 0.6) is 0 Å². The van der Waals surface area contributed by atoms with Gasteiger partial charge in [0.25, 0.3) is 0 Å². The zero-order valence-corrected chi connectivity index (χ0v) is 12.4. The maximum Gasteiger partial charge on any atom is 0.159 e. The minimum atomic E-state index is -0.793. The smallest absolute Gasteiger partial charge is 0.159 e. The fraction of sp³-hybridized carbons (Fsp3) is 0.250. The number of rotatable bonds is 3. The molecule has 1 N–H and O–H groups in total. The van der Waals surface area contributed by atoms with E-state index in [1.165, 1.54) is 17.7 Å². The molecular weight excluding hydrogens is 324 g/mol. The van der Waals surface area contributed by atoms with Crippen LogP contribution in [0.2, 0.25) is 0 Å². The van der Waals surface area contributed by atoms with Crippen LogP contribution in [0, 0.1) is 11.6 Å². The molecule has 0 radical (unpaired) electrons. The van der Waals surface area contributed by atoms with Gasteiger partial charge in [-0.05, 0) is 41.8 Å². The Labute approximate surface area is 125 Å². The summed E-state index contributed by atoms with van der Waals surface area (Å²) in [5, 5.41) is 3.28. The lowest BCUT2D eigenvalue weighted by Gasteiger charge is -2.43. The standard InChI is InChI=1S/C16H14BrF2N/c17-13-4-2-12(3-5-13)16(9-20-10-16)8-11-1-6-14(18)15(19)7-11/h1-7,20H,8-10H2. The van der Waals surface area contributed by atoms with Gasteiger partial charge in [-0.25, -0.2) is 8.78 Å². The van der Waals surface area contributed by atoms with Crippen LogP contribution in [0.4, 0.5) is 8.78 Å². The van der Waals surface area contributed by atoms with Crippen molar-refractivity contribution in [1.82, 2.24) is 5.32 Å². The number of hydrogen-bond acceptors (Lipinski definition) is 1. The van der Waals surface area contributed by atoms with E-state index in [2.05, 4.69) is 33.4 Å². The maximum atomic E-state index is 13.3. The summed E-state index contributed by atoms with van der Waals surface area (Å²) in [5.74, 6) is -1.57. The normalized spacial score (nSPS) is 16.8. The minimum absolute atomic E-state index is 0.0228. The van der Waals surface area contributed by atoms with Crippen molar-refractivity contribution in [3.8, 4) is 0 Å². The van der Waals surface area contributed by atoms with Gasteiger partial charge in [-0.2, -0.15) is 0 Å². The molecule has 0 aliphatic carbocycles. The third-order valence-corrected chi connectivity index (χ3v) is 4.44. The van der Waals surface area contributed by atoms with Crippen LogP contribution in [0.25, 0.3) is 0 Å². The van der Waals surface area contributed by atoms with Gasteiger partial charge < -0.3 is 5.32 Å². The molecule has 20 heavy (non-hydrogen) atoms. The van der Waals surface area contributed by atoms with E-state index in [1.807, 2.05) is 12.1 Å². The lowest BCUT2D eigenvalue weighted by Crippen LogP contribution is -2.58. The fourth-order valence-electron chi connectivity index (χ4n) is 2.70. The van der Waals surface area contributed by atoms with Crippen LogP contribution in [-0.4, -0.2) is 13.1 Å². The molecule has 104 valence electrons. The van der Waals surface area contributed by atoms with Crippen LogP contribution < -0.4 is 5.32 Å². The second-order valence-corrected chi connectivity index (χ2v) is 6.23. The molecule has 1 saturated heterocycles. The Balaban J connectivity index is 1.89. The third-order valence-electron chi connectivity index (χ3n) is 3.91. The first-order chi connectivity index (χ1) is 9.59. The van der Waals surface area contributed by atoms with E-state index < -0.39 is 11.6 Å². The van der Waals surface area contributed by atoms with Crippen LogP contribution in [0.15, 0.2) is 46.9 Å². The van der Waals surface area contributed by atoms with Crippen LogP contribution >= 0.6 is 15.9 Å². The average molecular weight is 338 g/mol. The largest absolute Gasteiger partial charge is 0.315 e. The molecule has 0 unspecified atom stereocenters. The predicted molar refractivity (Wildman–Crippen MR) is 78.8 cm³/mol. The highest BCUT2D eigenvalue weighted by molar-refractivity contribution is 9.10. The molecule has 1 heterocycles. The monoisotopic (exact) mass is 337 g/mol. The van der Waals surface area contributed by atoms with Gasteiger partial charge >= 0.3 is 0 Å². The van der Waals surface area contributed by atoms with Gasteiger partial charge in [-0.3, -0.25) is 0 Å². The molecule has 0 saturated carbocycles. The van der Waals surface area contributed by atoms with Gasteiger partial charge in [-0.15, -0.1) is 0 Å². The first kappa shape index (κ1) is 13.7. The van der Waals surface area contributed by atoms with Gasteiger partial charge in [0.05, 0.1) is 0 Å². The highest BCUT2D eigenvalue weighted by Crippen LogP contribution is 2.33.